The summed E-state index contributed by atoms with van der Waals surface area (Å²) in [4.78, 5) is 36.7. The zero-order valence-corrected chi connectivity index (χ0v) is 12.3. The van der Waals surface area contributed by atoms with Crippen LogP contribution < -0.4 is 5.32 Å². The van der Waals surface area contributed by atoms with Crippen LogP contribution in [0.15, 0.2) is 0 Å². The molecular weight excluding hydrogens is 323 g/mol. The number of halogens is 3. The Bertz CT molecular complexity index is 501. The smallest absolute Gasteiger partial charge is 0.423 e. The highest BCUT2D eigenvalue weighted by atomic mass is 19.4. The fourth-order valence-electron chi connectivity index (χ4n) is 1.38. The van der Waals surface area contributed by atoms with Gasteiger partial charge in [-0.15, -0.1) is 0 Å². The zero-order valence-electron chi connectivity index (χ0n) is 12.3. The lowest BCUT2D eigenvalue weighted by atomic mass is 10.1. The summed E-state index contributed by atoms with van der Waals surface area (Å²) >= 11 is 0. The third-order valence-electron chi connectivity index (χ3n) is 2.39. The van der Waals surface area contributed by atoms with Crippen LogP contribution in [0.5, 0.6) is 0 Å². The van der Waals surface area contributed by atoms with Crippen LogP contribution in [0, 0.1) is 0 Å². The van der Waals surface area contributed by atoms with Crippen molar-refractivity contribution < 1.29 is 42.2 Å². The number of carbonyl (C=O) groups is 3. The fraction of sp³-hybridized carbons (Fsp3) is 0.667. The Hall–Kier alpha value is -2.26. The second kappa shape index (κ2) is 9.01. The van der Waals surface area contributed by atoms with Gasteiger partial charge in [-0.05, 0) is 20.3 Å². The molecule has 130 valence electrons. The van der Waals surface area contributed by atoms with Gasteiger partial charge in [0.25, 0.3) is 5.91 Å². The number of carbonyl (C=O) groups excluding carboxylic acids is 3. The van der Waals surface area contributed by atoms with Gasteiger partial charge in [0.05, 0.1) is 6.10 Å². The molecule has 0 heterocycles. The molecule has 2 atom stereocenters. The van der Waals surface area contributed by atoms with Crippen molar-refractivity contribution in [1.29, 1.82) is 0 Å². The molecule has 23 heavy (non-hydrogen) atoms. The van der Waals surface area contributed by atoms with Gasteiger partial charge in [0.2, 0.25) is 11.9 Å². The lowest BCUT2D eigenvalue weighted by molar-refractivity contribution is -0.205. The SMILES string of the molecule is CC(C)OC(=O)[C@H](CCC(=O)C=[N+]=[N-])NC(=O)[C@@H](O)C(F)(F)F. The minimum Gasteiger partial charge on any atom is -0.461 e. The first-order chi connectivity index (χ1) is 10.5. The molecule has 2 N–H and O–H groups in total. The van der Waals surface area contributed by atoms with Crippen molar-refractivity contribution in [1.82, 2.24) is 5.32 Å². The third kappa shape index (κ3) is 8.07. The molecule has 1 amide bonds. The Morgan fingerprint density at radius 3 is 2.35 bits per heavy atom. The number of aliphatic hydroxyl groups excluding tert-OH is 1. The summed E-state index contributed by atoms with van der Waals surface area (Å²) in [6.45, 7) is 2.95. The van der Waals surface area contributed by atoms with Crippen LogP contribution in [0.25, 0.3) is 5.53 Å². The first-order valence-electron chi connectivity index (χ1n) is 6.45. The predicted molar refractivity (Wildman–Crippen MR) is 69.1 cm³/mol. The number of alkyl halides is 3. The molecule has 8 nitrogen and oxygen atoms in total. The highest BCUT2D eigenvalue weighted by Crippen LogP contribution is 2.20. The number of nitrogens with one attached hydrogen (secondary N) is 1. The molecule has 0 rings (SSSR count). The van der Waals surface area contributed by atoms with E-state index in [0.29, 0.717) is 6.21 Å². The van der Waals surface area contributed by atoms with Crippen molar-refractivity contribution in [2.75, 3.05) is 0 Å². The number of amides is 1. The number of aliphatic hydroxyl groups is 1. The molecule has 0 bridgehead atoms. The number of rotatable bonds is 8. The van der Waals surface area contributed by atoms with Crippen LogP contribution in [0.1, 0.15) is 26.7 Å². The largest absolute Gasteiger partial charge is 0.461 e. The quantitative estimate of drug-likeness (QED) is 0.278. The number of hydrogen-bond acceptors (Lipinski definition) is 5. The number of Topliss-reactive ketones (excluding diaryl/α,β-unsaturated/α-hetero) is 1. The Labute approximate surface area is 129 Å². The normalized spacial score (nSPS) is 13.7. The van der Waals surface area contributed by atoms with Crippen molar-refractivity contribution in [3.05, 3.63) is 5.53 Å². The Morgan fingerprint density at radius 1 is 1.35 bits per heavy atom. The van der Waals surface area contributed by atoms with Gasteiger partial charge >= 0.3 is 18.4 Å². The monoisotopic (exact) mass is 339 g/mol. The van der Waals surface area contributed by atoms with E-state index in [1.165, 1.54) is 13.8 Å². The molecular formula is C12H16F3N3O5. The van der Waals surface area contributed by atoms with Crippen LogP contribution in [-0.2, 0) is 19.1 Å². The van der Waals surface area contributed by atoms with Crippen LogP contribution in [0.3, 0.4) is 0 Å². The van der Waals surface area contributed by atoms with Gasteiger partial charge in [0.15, 0.2) is 0 Å². The molecule has 0 aromatic heterocycles. The van der Waals surface area contributed by atoms with Gasteiger partial charge in [-0.3, -0.25) is 9.59 Å². The second-order valence-electron chi connectivity index (χ2n) is 4.74. The Kier molecular flexibility index (Phi) is 8.12. The van der Waals surface area contributed by atoms with Crippen LogP contribution in [0.2, 0.25) is 0 Å². The molecule has 0 fully saturated rings. The number of ether oxygens (including phenoxy) is 1. The second-order valence-corrected chi connectivity index (χ2v) is 4.74. The van der Waals surface area contributed by atoms with Crippen LogP contribution in [-0.4, -0.2) is 58.2 Å². The predicted octanol–water partition coefficient (Wildman–Crippen LogP) is -0.00410. The molecule has 0 unspecified atom stereocenters. The van der Waals surface area contributed by atoms with E-state index in [4.69, 9.17) is 15.4 Å². The van der Waals surface area contributed by atoms with E-state index in [1.807, 2.05) is 0 Å². The number of esters is 1. The summed E-state index contributed by atoms with van der Waals surface area (Å²) in [7, 11) is 0. The minimum absolute atomic E-state index is 0.396. The first kappa shape index (κ1) is 20.7. The average Bonchev–Trinajstić information content (AvgIpc) is 2.40. The first-order valence-corrected chi connectivity index (χ1v) is 6.45. The maximum atomic E-state index is 12.2. The van der Waals surface area contributed by atoms with Gasteiger partial charge in [0, 0.05) is 6.42 Å². The summed E-state index contributed by atoms with van der Waals surface area (Å²) in [5.41, 5.74) is 8.17. The maximum Gasteiger partial charge on any atom is 0.423 e. The molecule has 0 aromatic carbocycles. The van der Waals surface area contributed by atoms with E-state index < -0.39 is 54.9 Å². The average molecular weight is 339 g/mol. The molecule has 0 radical (unpaired) electrons. The van der Waals surface area contributed by atoms with Crippen molar-refractivity contribution in [3.8, 4) is 0 Å². The van der Waals surface area contributed by atoms with E-state index in [9.17, 15) is 27.6 Å². The number of hydrogen-bond donors (Lipinski definition) is 2. The van der Waals surface area contributed by atoms with Gasteiger partial charge in [-0.1, -0.05) is 0 Å². The number of nitrogens with zero attached hydrogens (tertiary/aromatic N) is 2. The van der Waals surface area contributed by atoms with Gasteiger partial charge in [-0.25, -0.2) is 4.79 Å². The zero-order chi connectivity index (χ0) is 18.2. The Balaban J connectivity index is 4.97. The van der Waals surface area contributed by atoms with Gasteiger partial charge < -0.3 is 20.7 Å². The Morgan fingerprint density at radius 2 is 1.91 bits per heavy atom. The molecule has 0 spiro atoms. The minimum atomic E-state index is -5.20. The highest BCUT2D eigenvalue weighted by Gasteiger charge is 2.44. The summed E-state index contributed by atoms with van der Waals surface area (Å²) in [5.74, 6) is -3.62. The standard InChI is InChI=1S/C12H16F3N3O5/c1-6(2)23-11(22)8(4-3-7(19)5-17-16)18-10(21)9(20)12(13,14)15/h5-6,8-9,20H,3-4H2,1-2H3,(H,18,21)/t8-,9+/m0/s1. The lowest BCUT2D eigenvalue weighted by Crippen LogP contribution is -2.51. The van der Waals surface area contributed by atoms with Crippen LogP contribution >= 0.6 is 0 Å². The molecule has 11 heteroatoms. The van der Waals surface area contributed by atoms with E-state index in [-0.39, 0.29) is 0 Å². The van der Waals surface area contributed by atoms with Crippen molar-refractivity contribution >= 4 is 23.9 Å². The van der Waals surface area contributed by atoms with E-state index in [2.05, 4.69) is 4.79 Å². The summed E-state index contributed by atoms with van der Waals surface area (Å²) < 4.78 is 41.5. The van der Waals surface area contributed by atoms with Gasteiger partial charge in [0.1, 0.15) is 6.04 Å². The number of ketones is 1. The van der Waals surface area contributed by atoms with Crippen molar-refractivity contribution in [2.45, 2.75) is 51.1 Å². The summed E-state index contributed by atoms with van der Waals surface area (Å²) in [6.07, 6.45) is -9.37. The molecule has 0 aliphatic heterocycles. The highest BCUT2D eigenvalue weighted by molar-refractivity contribution is 6.25. The lowest BCUT2D eigenvalue weighted by Gasteiger charge is -2.21. The van der Waals surface area contributed by atoms with Crippen LogP contribution in [0.4, 0.5) is 13.2 Å². The van der Waals surface area contributed by atoms with E-state index >= 15 is 0 Å². The molecule has 0 saturated carbocycles. The molecule has 0 saturated heterocycles. The topological polar surface area (TPSA) is 129 Å². The molecule has 0 aliphatic rings. The summed E-state index contributed by atoms with van der Waals surface area (Å²) in [6, 6.07) is -1.57. The third-order valence-corrected chi connectivity index (χ3v) is 2.39. The summed E-state index contributed by atoms with van der Waals surface area (Å²) in [5, 5.41) is 10.5. The molecule has 0 aliphatic carbocycles. The van der Waals surface area contributed by atoms with Gasteiger partial charge in [-0.2, -0.15) is 18.0 Å². The van der Waals surface area contributed by atoms with Crippen molar-refractivity contribution in [3.63, 3.8) is 0 Å². The fourth-order valence-corrected chi connectivity index (χ4v) is 1.38. The molecule has 0 aromatic rings. The van der Waals surface area contributed by atoms with Crippen molar-refractivity contribution in [2.24, 2.45) is 0 Å². The van der Waals surface area contributed by atoms with E-state index in [0.717, 1.165) is 0 Å². The maximum absolute atomic E-state index is 12.2. The van der Waals surface area contributed by atoms with E-state index in [1.54, 1.807) is 5.32 Å².